The van der Waals surface area contributed by atoms with Crippen LogP contribution in [0.25, 0.3) is 6.08 Å². The average Bonchev–Trinajstić information content (AvgIpc) is 2.88. The Morgan fingerprint density at radius 3 is 2.58 bits per heavy atom. The van der Waals surface area contributed by atoms with Crippen LogP contribution >= 0.6 is 0 Å². The number of nitrogens with one attached hydrogen (secondary N) is 1. The first-order valence-corrected chi connectivity index (χ1v) is 8.34. The molecule has 0 unspecified atom stereocenters. The van der Waals surface area contributed by atoms with Crippen molar-refractivity contribution in [1.29, 1.82) is 0 Å². The largest absolute Gasteiger partial charge is 0.359 e. The van der Waals surface area contributed by atoms with Crippen LogP contribution in [0.5, 0.6) is 0 Å². The van der Waals surface area contributed by atoms with Crippen molar-refractivity contribution < 1.29 is 9.59 Å². The fourth-order valence-corrected chi connectivity index (χ4v) is 3.15. The molecule has 1 N–H and O–H groups in total. The summed E-state index contributed by atoms with van der Waals surface area (Å²) in [6.45, 7) is 12.1. The first-order chi connectivity index (χ1) is 11.2. The molecule has 1 amide bonds. The van der Waals surface area contributed by atoms with Crippen LogP contribution < -0.4 is 5.32 Å². The molecule has 0 saturated heterocycles. The highest BCUT2D eigenvalue weighted by atomic mass is 16.2. The molecule has 1 aromatic heterocycles. The van der Waals surface area contributed by atoms with E-state index in [0.29, 0.717) is 12.2 Å². The summed E-state index contributed by atoms with van der Waals surface area (Å²) in [5, 5.41) is 2.67. The van der Waals surface area contributed by atoms with Crippen LogP contribution in [-0.4, -0.2) is 46.8 Å². The zero-order valence-corrected chi connectivity index (χ0v) is 15.3. The van der Waals surface area contributed by atoms with E-state index in [0.717, 1.165) is 24.6 Å². The van der Waals surface area contributed by atoms with Gasteiger partial charge in [-0.3, -0.25) is 14.5 Å². The standard InChI is InChI=1S/C18H28N4O2/c1-7-15-20-16(13-11-21(6)8-9-22(13)15)14(23)10-12(17(24)19-5)18(2,3)4/h7,12H,1,8-11H2,2-6H3,(H,19,24)/t12-/m1/s1. The number of ketones is 1. The van der Waals surface area contributed by atoms with Gasteiger partial charge in [0.2, 0.25) is 5.91 Å². The van der Waals surface area contributed by atoms with Crippen LogP contribution in [0.3, 0.4) is 0 Å². The number of fused-ring (bicyclic) bond motifs is 1. The van der Waals surface area contributed by atoms with E-state index >= 15 is 0 Å². The number of likely N-dealkylation sites (N-methyl/N-ethyl adjacent to an activating group) is 1. The topological polar surface area (TPSA) is 67.2 Å². The highest BCUT2D eigenvalue weighted by Crippen LogP contribution is 2.31. The molecule has 0 fully saturated rings. The third kappa shape index (κ3) is 3.59. The van der Waals surface area contributed by atoms with Gasteiger partial charge < -0.3 is 9.88 Å². The minimum absolute atomic E-state index is 0.0781. The van der Waals surface area contributed by atoms with Gasteiger partial charge in [0.05, 0.1) is 11.6 Å². The molecule has 2 heterocycles. The molecule has 0 aliphatic carbocycles. The number of hydrogen-bond donors (Lipinski definition) is 1. The van der Waals surface area contributed by atoms with Gasteiger partial charge in [-0.15, -0.1) is 0 Å². The molecule has 6 heteroatoms. The normalized spacial score (nSPS) is 16.4. The van der Waals surface area contributed by atoms with Crippen molar-refractivity contribution in [2.24, 2.45) is 11.3 Å². The molecule has 1 aliphatic heterocycles. The zero-order chi connectivity index (χ0) is 18.1. The highest BCUT2D eigenvalue weighted by Gasteiger charge is 2.35. The minimum atomic E-state index is -0.388. The van der Waals surface area contributed by atoms with Crippen molar-refractivity contribution in [3.05, 3.63) is 23.8 Å². The Morgan fingerprint density at radius 1 is 1.38 bits per heavy atom. The van der Waals surface area contributed by atoms with Crippen LogP contribution in [0.2, 0.25) is 0 Å². The van der Waals surface area contributed by atoms with Crippen LogP contribution in [0, 0.1) is 11.3 Å². The van der Waals surface area contributed by atoms with Gasteiger partial charge in [-0.1, -0.05) is 27.4 Å². The predicted molar refractivity (Wildman–Crippen MR) is 94.6 cm³/mol. The van der Waals surface area contributed by atoms with Crippen LogP contribution in [0.1, 0.15) is 49.2 Å². The summed E-state index contributed by atoms with van der Waals surface area (Å²) >= 11 is 0. The second-order valence-corrected chi connectivity index (χ2v) is 7.52. The van der Waals surface area contributed by atoms with Gasteiger partial charge in [-0.2, -0.15) is 0 Å². The lowest BCUT2D eigenvalue weighted by Gasteiger charge is -2.29. The fourth-order valence-electron chi connectivity index (χ4n) is 3.15. The van der Waals surface area contributed by atoms with Gasteiger partial charge in [0.25, 0.3) is 0 Å². The quantitative estimate of drug-likeness (QED) is 0.837. The molecule has 1 aliphatic rings. The van der Waals surface area contributed by atoms with Crippen molar-refractivity contribution >= 4 is 17.8 Å². The summed E-state index contributed by atoms with van der Waals surface area (Å²) in [4.78, 5) is 31.8. The first-order valence-electron chi connectivity index (χ1n) is 8.34. The van der Waals surface area contributed by atoms with Crippen molar-refractivity contribution in [2.75, 3.05) is 20.6 Å². The monoisotopic (exact) mass is 332 g/mol. The summed E-state index contributed by atoms with van der Waals surface area (Å²) in [5.74, 6) is 0.158. The summed E-state index contributed by atoms with van der Waals surface area (Å²) in [6.07, 6.45) is 1.85. The molecule has 0 bridgehead atoms. The van der Waals surface area contributed by atoms with Crippen LogP contribution in [0.15, 0.2) is 6.58 Å². The summed E-state index contributed by atoms with van der Waals surface area (Å²) in [6, 6.07) is 0. The van der Waals surface area contributed by atoms with E-state index in [-0.39, 0.29) is 29.4 Å². The van der Waals surface area contributed by atoms with E-state index in [4.69, 9.17) is 0 Å². The maximum atomic E-state index is 12.9. The Kier molecular flexibility index (Phi) is 5.28. The second kappa shape index (κ2) is 6.89. The molecule has 0 aromatic carbocycles. The number of rotatable bonds is 5. The number of carbonyl (C=O) groups excluding carboxylic acids is 2. The molecular weight excluding hydrogens is 304 g/mol. The lowest BCUT2D eigenvalue weighted by Crippen LogP contribution is -2.38. The third-order valence-electron chi connectivity index (χ3n) is 4.67. The third-order valence-corrected chi connectivity index (χ3v) is 4.67. The molecular formula is C18H28N4O2. The van der Waals surface area contributed by atoms with E-state index in [1.807, 2.05) is 27.8 Å². The molecule has 0 saturated carbocycles. The molecule has 6 nitrogen and oxygen atoms in total. The van der Waals surface area contributed by atoms with E-state index in [2.05, 4.69) is 26.3 Å². The van der Waals surface area contributed by atoms with E-state index in [1.54, 1.807) is 13.1 Å². The number of Topliss-reactive ketones (excluding diaryl/α,β-unsaturated/α-hetero) is 1. The van der Waals surface area contributed by atoms with Gasteiger partial charge in [0.1, 0.15) is 11.5 Å². The predicted octanol–water partition coefficient (Wildman–Crippen LogP) is 1.95. The Hall–Kier alpha value is -1.95. The first kappa shape index (κ1) is 18.4. The number of carbonyl (C=O) groups is 2. The van der Waals surface area contributed by atoms with Gasteiger partial charge in [-0.25, -0.2) is 4.98 Å². The average molecular weight is 332 g/mol. The number of amides is 1. The molecule has 1 aromatic rings. The van der Waals surface area contributed by atoms with Crippen molar-refractivity contribution in [3.63, 3.8) is 0 Å². The van der Waals surface area contributed by atoms with Gasteiger partial charge >= 0.3 is 0 Å². The van der Waals surface area contributed by atoms with Crippen LogP contribution in [-0.2, 0) is 17.9 Å². The summed E-state index contributed by atoms with van der Waals surface area (Å²) in [5.41, 5.74) is 1.11. The van der Waals surface area contributed by atoms with Gasteiger partial charge in [0, 0.05) is 33.1 Å². The molecule has 1 atom stereocenters. The summed E-state index contributed by atoms with van der Waals surface area (Å²) < 4.78 is 2.06. The maximum absolute atomic E-state index is 12.9. The zero-order valence-electron chi connectivity index (χ0n) is 15.3. The molecule has 2 rings (SSSR count). The molecule has 0 spiro atoms. The summed E-state index contributed by atoms with van der Waals surface area (Å²) in [7, 11) is 3.63. The van der Waals surface area contributed by atoms with Crippen molar-refractivity contribution in [2.45, 2.75) is 40.3 Å². The molecule has 0 radical (unpaired) electrons. The minimum Gasteiger partial charge on any atom is -0.359 e. The smallest absolute Gasteiger partial charge is 0.223 e. The lowest BCUT2D eigenvalue weighted by molar-refractivity contribution is -0.127. The Bertz CT molecular complexity index is 655. The van der Waals surface area contributed by atoms with Crippen molar-refractivity contribution in [1.82, 2.24) is 19.8 Å². The van der Waals surface area contributed by atoms with Gasteiger partial charge in [-0.05, 0) is 18.5 Å². The van der Waals surface area contributed by atoms with Crippen LogP contribution in [0.4, 0.5) is 0 Å². The fraction of sp³-hybridized carbons (Fsp3) is 0.611. The Labute approximate surface area is 143 Å². The number of nitrogens with zero attached hydrogens (tertiary/aromatic N) is 3. The van der Waals surface area contributed by atoms with E-state index < -0.39 is 0 Å². The van der Waals surface area contributed by atoms with Gasteiger partial charge in [0.15, 0.2) is 5.78 Å². The number of aromatic nitrogens is 2. The SMILES string of the molecule is C=Cc1nc(C(=O)C[C@H](C(=O)NC)C(C)(C)C)c2n1CCN(C)C2. The van der Waals surface area contributed by atoms with Crippen molar-refractivity contribution in [3.8, 4) is 0 Å². The second-order valence-electron chi connectivity index (χ2n) is 7.52. The molecule has 24 heavy (non-hydrogen) atoms. The highest BCUT2D eigenvalue weighted by molar-refractivity contribution is 5.98. The molecule has 132 valence electrons. The number of imidazole rings is 1. The lowest BCUT2D eigenvalue weighted by atomic mass is 9.77. The Balaban J connectivity index is 2.34. The van der Waals surface area contributed by atoms with E-state index in [9.17, 15) is 9.59 Å². The number of hydrogen-bond acceptors (Lipinski definition) is 4. The Morgan fingerprint density at radius 2 is 2.04 bits per heavy atom. The maximum Gasteiger partial charge on any atom is 0.223 e. The van der Waals surface area contributed by atoms with E-state index in [1.165, 1.54) is 0 Å².